The van der Waals surface area contributed by atoms with E-state index in [1.165, 1.54) is 0 Å². The average Bonchev–Trinajstić information content (AvgIpc) is 3.03. The molecule has 0 radical (unpaired) electrons. The molecule has 1 aliphatic rings. The summed E-state index contributed by atoms with van der Waals surface area (Å²) in [6, 6.07) is 3.98. The van der Waals surface area contributed by atoms with Crippen molar-refractivity contribution < 1.29 is 13.9 Å². The number of rotatable bonds is 6. The van der Waals surface area contributed by atoms with Crippen molar-refractivity contribution in [2.24, 2.45) is 0 Å². The molecule has 1 unspecified atom stereocenters. The Bertz CT molecular complexity index is 402. The molecule has 6 heteroatoms. The molecule has 1 aromatic heterocycles. The van der Waals surface area contributed by atoms with Crippen LogP contribution in [0.4, 0.5) is 0 Å². The van der Waals surface area contributed by atoms with Crippen LogP contribution in [0.3, 0.4) is 0 Å². The first kappa shape index (κ1) is 18.9. The minimum atomic E-state index is 0.581. The van der Waals surface area contributed by atoms with Crippen LogP contribution in [0.15, 0.2) is 35.5 Å². The third kappa shape index (κ3) is 8.31. The first-order valence-electron chi connectivity index (χ1n) is 8.09. The lowest BCUT2D eigenvalue weighted by Gasteiger charge is -2.26. The molecule has 23 heavy (non-hydrogen) atoms. The topological polar surface area (TPSA) is 34.8 Å². The van der Waals surface area contributed by atoms with Crippen molar-refractivity contribution in [3.63, 3.8) is 0 Å². The van der Waals surface area contributed by atoms with E-state index in [0.717, 1.165) is 55.9 Å². The van der Waals surface area contributed by atoms with Gasteiger partial charge in [-0.05, 0) is 12.1 Å². The van der Waals surface area contributed by atoms with Gasteiger partial charge in [-0.3, -0.25) is 4.90 Å². The van der Waals surface area contributed by atoms with Gasteiger partial charge < -0.3 is 13.9 Å². The SMILES string of the molecule is C=CCN(Cc1ccco1)CC1CSCCOCCOCCS1. The van der Waals surface area contributed by atoms with Crippen LogP contribution < -0.4 is 0 Å². The fourth-order valence-corrected chi connectivity index (χ4v) is 4.69. The molecule has 4 nitrogen and oxygen atoms in total. The van der Waals surface area contributed by atoms with E-state index in [1.807, 2.05) is 41.7 Å². The molecule has 1 aromatic rings. The highest BCUT2D eigenvalue weighted by Crippen LogP contribution is 2.19. The highest BCUT2D eigenvalue weighted by molar-refractivity contribution is 8.03. The predicted molar refractivity (Wildman–Crippen MR) is 99.4 cm³/mol. The van der Waals surface area contributed by atoms with Gasteiger partial charge in [0.25, 0.3) is 0 Å². The Morgan fingerprint density at radius 1 is 1.22 bits per heavy atom. The van der Waals surface area contributed by atoms with Gasteiger partial charge in [0.1, 0.15) is 5.76 Å². The normalized spacial score (nSPS) is 21.5. The molecule has 0 N–H and O–H groups in total. The van der Waals surface area contributed by atoms with E-state index in [1.54, 1.807) is 6.26 Å². The highest BCUT2D eigenvalue weighted by Gasteiger charge is 2.16. The van der Waals surface area contributed by atoms with E-state index in [0.29, 0.717) is 18.5 Å². The number of nitrogens with zero attached hydrogens (tertiary/aromatic N) is 1. The average molecular weight is 358 g/mol. The van der Waals surface area contributed by atoms with Crippen molar-refractivity contribution in [2.45, 2.75) is 11.8 Å². The summed E-state index contributed by atoms with van der Waals surface area (Å²) in [5.74, 6) is 4.24. The van der Waals surface area contributed by atoms with Crippen LogP contribution in [-0.4, -0.2) is 66.9 Å². The Morgan fingerprint density at radius 3 is 2.78 bits per heavy atom. The van der Waals surface area contributed by atoms with Crippen LogP contribution in [0.2, 0.25) is 0 Å². The maximum Gasteiger partial charge on any atom is 0.117 e. The van der Waals surface area contributed by atoms with Gasteiger partial charge in [0.05, 0.1) is 39.2 Å². The van der Waals surface area contributed by atoms with Gasteiger partial charge in [-0.25, -0.2) is 0 Å². The molecule has 0 saturated carbocycles. The van der Waals surface area contributed by atoms with Crippen LogP contribution >= 0.6 is 23.5 Å². The van der Waals surface area contributed by atoms with Gasteiger partial charge in [-0.2, -0.15) is 23.5 Å². The molecule has 2 rings (SSSR count). The molecule has 2 heterocycles. The Kier molecular flexibility index (Phi) is 9.90. The quantitative estimate of drug-likeness (QED) is 0.728. The lowest BCUT2D eigenvalue weighted by Crippen LogP contribution is -2.32. The standard InChI is InChI=1S/C17H27NO3S2/c1-2-5-18(13-16-4-3-6-21-16)14-17-15-22-11-9-19-7-8-20-10-12-23-17/h2-4,6,17H,1,5,7-15H2. The van der Waals surface area contributed by atoms with Crippen LogP contribution in [0.5, 0.6) is 0 Å². The maximum absolute atomic E-state index is 5.60. The monoisotopic (exact) mass is 357 g/mol. The summed E-state index contributed by atoms with van der Waals surface area (Å²) in [6.45, 7) is 9.66. The second kappa shape index (κ2) is 12.0. The van der Waals surface area contributed by atoms with Gasteiger partial charge in [-0.15, -0.1) is 6.58 Å². The van der Waals surface area contributed by atoms with E-state index in [2.05, 4.69) is 11.5 Å². The maximum atomic E-state index is 5.60. The van der Waals surface area contributed by atoms with Gasteiger partial charge in [-0.1, -0.05) is 6.08 Å². The fraction of sp³-hybridized carbons (Fsp3) is 0.647. The number of ether oxygens (including phenoxy) is 2. The van der Waals surface area contributed by atoms with Crippen LogP contribution in [0, 0.1) is 0 Å². The number of furan rings is 1. The smallest absolute Gasteiger partial charge is 0.117 e. The van der Waals surface area contributed by atoms with Crippen molar-refractivity contribution in [1.29, 1.82) is 0 Å². The highest BCUT2D eigenvalue weighted by atomic mass is 32.2. The summed E-state index contributed by atoms with van der Waals surface area (Å²) < 4.78 is 16.6. The Balaban J connectivity index is 1.84. The number of hydrogen-bond donors (Lipinski definition) is 0. The number of hydrogen-bond acceptors (Lipinski definition) is 6. The van der Waals surface area contributed by atoms with E-state index >= 15 is 0 Å². The van der Waals surface area contributed by atoms with Crippen LogP contribution in [0.25, 0.3) is 0 Å². The third-order valence-corrected chi connectivity index (χ3v) is 5.93. The van der Waals surface area contributed by atoms with Crippen molar-refractivity contribution in [1.82, 2.24) is 4.90 Å². The zero-order valence-electron chi connectivity index (χ0n) is 13.7. The minimum absolute atomic E-state index is 0.581. The zero-order chi connectivity index (χ0) is 16.2. The second-order valence-electron chi connectivity index (χ2n) is 5.35. The molecule has 0 bridgehead atoms. The largest absolute Gasteiger partial charge is 0.468 e. The summed E-state index contributed by atoms with van der Waals surface area (Å²) >= 11 is 3.99. The first-order valence-corrected chi connectivity index (χ1v) is 10.3. The van der Waals surface area contributed by atoms with Crippen molar-refractivity contribution >= 4 is 23.5 Å². The molecular weight excluding hydrogens is 330 g/mol. The lowest BCUT2D eigenvalue weighted by molar-refractivity contribution is 0.0604. The van der Waals surface area contributed by atoms with E-state index in [4.69, 9.17) is 13.9 Å². The second-order valence-corrected chi connectivity index (χ2v) is 7.91. The lowest BCUT2D eigenvalue weighted by atomic mass is 10.3. The molecular formula is C17H27NO3S2. The Hall–Kier alpha value is -0.400. The molecule has 0 spiro atoms. The molecule has 0 aromatic carbocycles. The van der Waals surface area contributed by atoms with Gasteiger partial charge in [0.2, 0.25) is 0 Å². The fourth-order valence-electron chi connectivity index (χ4n) is 2.38. The van der Waals surface area contributed by atoms with Crippen LogP contribution in [-0.2, 0) is 16.0 Å². The first-order chi connectivity index (χ1) is 11.4. The molecule has 1 atom stereocenters. The molecule has 130 valence electrons. The van der Waals surface area contributed by atoms with Crippen LogP contribution in [0.1, 0.15) is 5.76 Å². The van der Waals surface area contributed by atoms with E-state index < -0.39 is 0 Å². The molecule has 0 amide bonds. The molecule has 1 aliphatic heterocycles. The van der Waals surface area contributed by atoms with Gasteiger partial charge in [0, 0.05) is 35.6 Å². The summed E-state index contributed by atoms with van der Waals surface area (Å²) in [5, 5.41) is 0.581. The van der Waals surface area contributed by atoms with Gasteiger partial charge in [0.15, 0.2) is 0 Å². The minimum Gasteiger partial charge on any atom is -0.468 e. The summed E-state index contributed by atoms with van der Waals surface area (Å²) in [4.78, 5) is 2.40. The summed E-state index contributed by atoms with van der Waals surface area (Å²) in [5.41, 5.74) is 0. The van der Waals surface area contributed by atoms with Crippen molar-refractivity contribution in [3.05, 3.63) is 36.8 Å². The van der Waals surface area contributed by atoms with Crippen molar-refractivity contribution in [2.75, 3.05) is 56.8 Å². The molecule has 1 fully saturated rings. The summed E-state index contributed by atoms with van der Waals surface area (Å²) in [6.07, 6.45) is 3.70. The molecule has 0 aliphatic carbocycles. The van der Waals surface area contributed by atoms with E-state index in [9.17, 15) is 0 Å². The predicted octanol–water partition coefficient (Wildman–Crippen LogP) is 3.15. The van der Waals surface area contributed by atoms with E-state index in [-0.39, 0.29) is 0 Å². The Morgan fingerprint density at radius 2 is 2.04 bits per heavy atom. The number of thioether (sulfide) groups is 2. The zero-order valence-corrected chi connectivity index (χ0v) is 15.3. The Labute approximate surface area is 148 Å². The van der Waals surface area contributed by atoms with Gasteiger partial charge >= 0.3 is 0 Å². The summed E-state index contributed by atoms with van der Waals surface area (Å²) in [7, 11) is 0. The molecule has 1 saturated heterocycles. The van der Waals surface area contributed by atoms with Crippen molar-refractivity contribution in [3.8, 4) is 0 Å². The third-order valence-electron chi connectivity index (χ3n) is 3.44.